The van der Waals surface area contributed by atoms with E-state index in [0.717, 1.165) is 31.0 Å². The summed E-state index contributed by atoms with van der Waals surface area (Å²) in [6, 6.07) is 3.82. The molecule has 0 bridgehead atoms. The van der Waals surface area contributed by atoms with Crippen LogP contribution in [0.15, 0.2) is 18.3 Å². The number of ether oxygens (including phenoxy) is 1. The maximum absolute atomic E-state index is 5.94. The van der Waals surface area contributed by atoms with E-state index in [9.17, 15) is 0 Å². The van der Waals surface area contributed by atoms with Gasteiger partial charge < -0.3 is 10.1 Å². The molecule has 1 aromatic heterocycles. The van der Waals surface area contributed by atoms with E-state index in [2.05, 4.69) is 10.3 Å². The van der Waals surface area contributed by atoms with Crippen molar-refractivity contribution in [3.63, 3.8) is 0 Å². The zero-order valence-electron chi connectivity index (χ0n) is 9.45. The summed E-state index contributed by atoms with van der Waals surface area (Å²) in [5, 5.41) is 3.70. The van der Waals surface area contributed by atoms with E-state index in [0.29, 0.717) is 17.9 Å². The predicted molar refractivity (Wildman–Crippen MR) is 66.3 cm³/mol. The van der Waals surface area contributed by atoms with Gasteiger partial charge in [0.2, 0.25) is 0 Å². The summed E-state index contributed by atoms with van der Waals surface area (Å²) in [5.41, 5.74) is 0. The fraction of sp³-hybridized carbons (Fsp3) is 0.583. The second kappa shape index (κ2) is 5.39. The normalized spacial score (nSPS) is 23.6. The van der Waals surface area contributed by atoms with E-state index in [1.54, 1.807) is 6.20 Å². The molecule has 1 aromatic rings. The van der Waals surface area contributed by atoms with E-state index in [1.165, 1.54) is 0 Å². The van der Waals surface area contributed by atoms with Crippen molar-refractivity contribution in [1.29, 1.82) is 0 Å². The molecule has 88 valence electrons. The number of nitrogens with zero attached hydrogens (tertiary/aromatic N) is 1. The van der Waals surface area contributed by atoms with Crippen molar-refractivity contribution >= 4 is 17.4 Å². The zero-order valence-corrected chi connectivity index (χ0v) is 10.2. The molecule has 0 radical (unpaired) electrons. The Labute approximate surface area is 101 Å². The second-order valence-electron chi connectivity index (χ2n) is 4.10. The van der Waals surface area contributed by atoms with Gasteiger partial charge in [0.05, 0.1) is 6.61 Å². The van der Waals surface area contributed by atoms with Crippen molar-refractivity contribution in [3.8, 4) is 5.75 Å². The molecule has 1 N–H and O–H groups in total. The molecule has 0 spiro atoms. The number of hydrogen-bond donors (Lipinski definition) is 1. The first-order valence-corrected chi connectivity index (χ1v) is 6.19. The summed E-state index contributed by atoms with van der Waals surface area (Å²) in [6.07, 6.45) is 3.98. The van der Waals surface area contributed by atoms with Crippen LogP contribution < -0.4 is 10.1 Å². The van der Waals surface area contributed by atoms with Gasteiger partial charge in [0.25, 0.3) is 0 Å². The summed E-state index contributed by atoms with van der Waals surface area (Å²) < 4.78 is 5.49. The fourth-order valence-corrected chi connectivity index (χ4v) is 2.36. The van der Waals surface area contributed by atoms with Crippen LogP contribution in [0.5, 0.6) is 5.75 Å². The lowest BCUT2D eigenvalue weighted by Gasteiger charge is -2.31. The van der Waals surface area contributed by atoms with Crippen LogP contribution in [0.2, 0.25) is 0 Å². The molecule has 0 unspecified atom stereocenters. The van der Waals surface area contributed by atoms with Crippen molar-refractivity contribution in [2.24, 2.45) is 5.92 Å². The highest BCUT2D eigenvalue weighted by atomic mass is 35.5. The van der Waals surface area contributed by atoms with Crippen LogP contribution in [0.25, 0.3) is 0 Å². The van der Waals surface area contributed by atoms with Crippen LogP contribution in [0, 0.1) is 5.92 Å². The van der Waals surface area contributed by atoms with E-state index in [1.807, 2.05) is 19.1 Å². The van der Waals surface area contributed by atoms with Gasteiger partial charge in [-0.05, 0) is 37.8 Å². The van der Waals surface area contributed by atoms with Gasteiger partial charge in [-0.1, -0.05) is 0 Å². The smallest absolute Gasteiger partial charge is 0.168 e. The molecule has 1 saturated carbocycles. The minimum absolute atomic E-state index is 0.377. The number of hydrogen-bond acceptors (Lipinski definition) is 3. The number of anilines is 1. The third-order valence-electron chi connectivity index (χ3n) is 2.81. The van der Waals surface area contributed by atoms with Gasteiger partial charge in [-0.3, -0.25) is 0 Å². The number of pyridine rings is 1. The lowest BCUT2D eigenvalue weighted by atomic mass is 9.85. The second-order valence-corrected chi connectivity index (χ2v) is 4.72. The predicted octanol–water partition coefficient (Wildman–Crippen LogP) is 2.91. The molecule has 16 heavy (non-hydrogen) atoms. The maximum atomic E-state index is 5.94. The number of rotatable bonds is 5. The third-order valence-corrected chi connectivity index (χ3v) is 3.16. The standard InChI is InChI=1S/C12H17ClN2O/c1-2-16-11-4-3-5-14-12(11)15-8-9-6-10(13)7-9/h3-5,9-10H,2,6-8H2,1H3,(H,14,15). The van der Waals surface area contributed by atoms with Gasteiger partial charge in [0.15, 0.2) is 11.6 Å². The summed E-state index contributed by atoms with van der Waals surface area (Å²) in [4.78, 5) is 4.28. The Balaban J connectivity index is 1.87. The molecule has 1 heterocycles. The lowest BCUT2D eigenvalue weighted by Crippen LogP contribution is -2.30. The average Bonchev–Trinajstić information content (AvgIpc) is 2.25. The average molecular weight is 241 g/mol. The van der Waals surface area contributed by atoms with E-state index in [4.69, 9.17) is 16.3 Å². The molecule has 0 atom stereocenters. The molecule has 0 aliphatic heterocycles. The maximum Gasteiger partial charge on any atom is 0.168 e. The van der Waals surface area contributed by atoms with Gasteiger partial charge in [0, 0.05) is 18.1 Å². The highest BCUT2D eigenvalue weighted by molar-refractivity contribution is 6.21. The van der Waals surface area contributed by atoms with Crippen LogP contribution in [0.3, 0.4) is 0 Å². The van der Waals surface area contributed by atoms with Gasteiger partial charge in [0.1, 0.15) is 0 Å². The molecule has 1 aliphatic carbocycles. The highest BCUT2D eigenvalue weighted by Crippen LogP contribution is 2.32. The summed E-state index contributed by atoms with van der Waals surface area (Å²) in [7, 11) is 0. The van der Waals surface area contributed by atoms with Crippen molar-refractivity contribution in [2.75, 3.05) is 18.5 Å². The van der Waals surface area contributed by atoms with Crippen LogP contribution >= 0.6 is 11.6 Å². The summed E-state index contributed by atoms with van der Waals surface area (Å²) >= 11 is 5.94. The van der Waals surface area contributed by atoms with Crippen LogP contribution in [0.4, 0.5) is 5.82 Å². The quantitative estimate of drug-likeness (QED) is 0.804. The Morgan fingerprint density at radius 3 is 3.06 bits per heavy atom. The van der Waals surface area contributed by atoms with Crippen LogP contribution in [-0.2, 0) is 0 Å². The van der Waals surface area contributed by atoms with Crippen LogP contribution in [0.1, 0.15) is 19.8 Å². The molecule has 1 aliphatic rings. The number of nitrogens with one attached hydrogen (secondary N) is 1. The van der Waals surface area contributed by atoms with E-state index < -0.39 is 0 Å². The summed E-state index contributed by atoms with van der Waals surface area (Å²) in [6.45, 7) is 3.56. The number of alkyl halides is 1. The van der Waals surface area contributed by atoms with Crippen molar-refractivity contribution in [2.45, 2.75) is 25.1 Å². The van der Waals surface area contributed by atoms with Crippen molar-refractivity contribution in [1.82, 2.24) is 4.98 Å². The first-order chi connectivity index (χ1) is 7.79. The Bertz CT molecular complexity index is 340. The van der Waals surface area contributed by atoms with Crippen LogP contribution in [-0.4, -0.2) is 23.5 Å². The van der Waals surface area contributed by atoms with Crippen molar-refractivity contribution < 1.29 is 4.74 Å². The minimum Gasteiger partial charge on any atom is -0.490 e. The van der Waals surface area contributed by atoms with E-state index >= 15 is 0 Å². The van der Waals surface area contributed by atoms with Gasteiger partial charge >= 0.3 is 0 Å². The number of halogens is 1. The molecule has 0 aromatic carbocycles. The molecule has 0 amide bonds. The molecule has 1 fully saturated rings. The Kier molecular flexibility index (Phi) is 3.88. The SMILES string of the molecule is CCOc1cccnc1NCC1CC(Cl)C1. The molecule has 4 heteroatoms. The van der Waals surface area contributed by atoms with Gasteiger partial charge in [-0.15, -0.1) is 11.6 Å². The Hall–Kier alpha value is -0.960. The van der Waals surface area contributed by atoms with E-state index in [-0.39, 0.29) is 0 Å². The molecular formula is C12H17ClN2O. The largest absolute Gasteiger partial charge is 0.490 e. The highest BCUT2D eigenvalue weighted by Gasteiger charge is 2.26. The number of aromatic nitrogens is 1. The molecule has 2 rings (SSSR count). The molecule has 3 nitrogen and oxygen atoms in total. The topological polar surface area (TPSA) is 34.1 Å². The Morgan fingerprint density at radius 1 is 1.56 bits per heavy atom. The molecule has 0 saturated heterocycles. The van der Waals surface area contributed by atoms with Gasteiger partial charge in [-0.25, -0.2) is 4.98 Å². The minimum atomic E-state index is 0.377. The zero-order chi connectivity index (χ0) is 11.4. The lowest BCUT2D eigenvalue weighted by molar-refractivity contribution is 0.333. The molecular weight excluding hydrogens is 224 g/mol. The van der Waals surface area contributed by atoms with Gasteiger partial charge in [-0.2, -0.15) is 0 Å². The fourth-order valence-electron chi connectivity index (χ4n) is 1.86. The first-order valence-electron chi connectivity index (χ1n) is 5.75. The van der Waals surface area contributed by atoms with Crippen molar-refractivity contribution in [3.05, 3.63) is 18.3 Å². The monoisotopic (exact) mass is 240 g/mol. The first kappa shape index (κ1) is 11.5. The summed E-state index contributed by atoms with van der Waals surface area (Å²) in [5.74, 6) is 2.34. The third kappa shape index (κ3) is 2.79. The Morgan fingerprint density at radius 2 is 2.38 bits per heavy atom.